The Morgan fingerprint density at radius 1 is 1.06 bits per heavy atom. The molecule has 17 heavy (non-hydrogen) atoms. The maximum Gasteiger partial charge on any atom is 0.410 e. The molecule has 1 amide bonds. The molecule has 0 heterocycles. The zero-order chi connectivity index (χ0) is 12.3. The van der Waals surface area contributed by atoms with Crippen LogP contribution in [0, 0.1) is 0 Å². The highest BCUT2D eigenvalue weighted by Crippen LogP contribution is 2.36. The SMILES string of the molecule is NC(=O)Oc1c(Br)cccc1-c1ccccc1. The molecule has 0 bridgehead atoms. The molecule has 2 aromatic rings. The molecule has 0 aromatic heterocycles. The minimum Gasteiger partial charge on any atom is -0.409 e. The van der Waals surface area contributed by atoms with Crippen LogP contribution >= 0.6 is 15.9 Å². The minimum absolute atomic E-state index is 0.436. The number of hydrogen-bond donors (Lipinski definition) is 1. The molecule has 0 radical (unpaired) electrons. The molecule has 0 fully saturated rings. The van der Waals surface area contributed by atoms with Crippen molar-refractivity contribution >= 4 is 22.0 Å². The van der Waals surface area contributed by atoms with Crippen molar-refractivity contribution < 1.29 is 9.53 Å². The average molecular weight is 292 g/mol. The van der Waals surface area contributed by atoms with Crippen LogP contribution in [0.4, 0.5) is 4.79 Å². The second-order valence-corrected chi connectivity index (χ2v) is 4.26. The minimum atomic E-state index is -0.825. The van der Waals surface area contributed by atoms with Crippen LogP contribution in [-0.4, -0.2) is 6.09 Å². The topological polar surface area (TPSA) is 52.3 Å². The quantitative estimate of drug-likeness (QED) is 0.919. The Morgan fingerprint density at radius 2 is 1.76 bits per heavy atom. The van der Waals surface area contributed by atoms with Gasteiger partial charge in [0.1, 0.15) is 0 Å². The van der Waals surface area contributed by atoms with E-state index in [1.807, 2.05) is 42.5 Å². The standard InChI is InChI=1S/C13H10BrNO2/c14-11-8-4-7-10(12(11)17-13(15)16)9-5-2-1-3-6-9/h1-8H,(H2,15,16). The van der Waals surface area contributed by atoms with E-state index in [2.05, 4.69) is 15.9 Å². The average Bonchev–Trinajstić information content (AvgIpc) is 2.32. The number of primary amides is 1. The summed E-state index contributed by atoms with van der Waals surface area (Å²) in [6, 6.07) is 15.2. The summed E-state index contributed by atoms with van der Waals surface area (Å²) in [6.07, 6.45) is -0.825. The second kappa shape index (κ2) is 5.01. The van der Waals surface area contributed by atoms with Crippen molar-refractivity contribution in [1.82, 2.24) is 0 Å². The van der Waals surface area contributed by atoms with E-state index in [0.717, 1.165) is 11.1 Å². The fourth-order valence-electron chi connectivity index (χ4n) is 1.56. The maximum atomic E-state index is 10.9. The lowest BCUT2D eigenvalue weighted by Crippen LogP contribution is -2.17. The van der Waals surface area contributed by atoms with Crippen LogP contribution in [0.25, 0.3) is 11.1 Å². The van der Waals surface area contributed by atoms with Gasteiger partial charge in [-0.15, -0.1) is 0 Å². The number of hydrogen-bond acceptors (Lipinski definition) is 2. The number of para-hydroxylation sites is 1. The first-order chi connectivity index (χ1) is 8.18. The summed E-state index contributed by atoms with van der Waals surface area (Å²) in [5.74, 6) is 0.436. The van der Waals surface area contributed by atoms with Gasteiger partial charge in [0.25, 0.3) is 0 Å². The van der Waals surface area contributed by atoms with Crippen molar-refractivity contribution in [2.24, 2.45) is 5.73 Å². The lowest BCUT2D eigenvalue weighted by Gasteiger charge is -2.10. The third kappa shape index (κ3) is 2.65. The second-order valence-electron chi connectivity index (χ2n) is 3.40. The Bertz CT molecular complexity index is 540. The van der Waals surface area contributed by atoms with Crippen LogP contribution < -0.4 is 10.5 Å². The third-order valence-electron chi connectivity index (χ3n) is 2.25. The monoisotopic (exact) mass is 291 g/mol. The first-order valence-corrected chi connectivity index (χ1v) is 5.79. The highest BCUT2D eigenvalue weighted by molar-refractivity contribution is 9.10. The molecule has 3 nitrogen and oxygen atoms in total. The number of carbonyl (C=O) groups is 1. The molecule has 0 aliphatic rings. The summed E-state index contributed by atoms with van der Waals surface area (Å²) in [6.45, 7) is 0. The number of halogens is 1. The summed E-state index contributed by atoms with van der Waals surface area (Å²) in [4.78, 5) is 10.9. The van der Waals surface area contributed by atoms with Crippen LogP contribution in [-0.2, 0) is 0 Å². The normalized spacial score (nSPS) is 9.94. The van der Waals surface area contributed by atoms with Crippen LogP contribution in [0.1, 0.15) is 0 Å². The Morgan fingerprint density at radius 3 is 2.41 bits per heavy atom. The molecular formula is C13H10BrNO2. The molecule has 0 aliphatic heterocycles. The van der Waals surface area contributed by atoms with E-state index in [-0.39, 0.29) is 0 Å². The van der Waals surface area contributed by atoms with E-state index in [1.165, 1.54) is 0 Å². The summed E-state index contributed by atoms with van der Waals surface area (Å²) in [5.41, 5.74) is 6.84. The molecule has 86 valence electrons. The highest BCUT2D eigenvalue weighted by Gasteiger charge is 2.11. The molecule has 2 rings (SSSR count). The Balaban J connectivity index is 2.54. The van der Waals surface area contributed by atoms with Crippen LogP contribution in [0.2, 0.25) is 0 Å². The van der Waals surface area contributed by atoms with Gasteiger partial charge < -0.3 is 10.5 Å². The van der Waals surface area contributed by atoms with Gasteiger partial charge in [-0.25, -0.2) is 4.79 Å². The lowest BCUT2D eigenvalue weighted by atomic mass is 10.1. The third-order valence-corrected chi connectivity index (χ3v) is 2.88. The van der Waals surface area contributed by atoms with Crippen molar-refractivity contribution in [2.75, 3.05) is 0 Å². The summed E-state index contributed by atoms with van der Waals surface area (Å²) >= 11 is 3.34. The number of carbonyl (C=O) groups excluding carboxylic acids is 1. The molecule has 0 aliphatic carbocycles. The number of ether oxygens (including phenoxy) is 1. The first-order valence-electron chi connectivity index (χ1n) is 4.99. The zero-order valence-corrected chi connectivity index (χ0v) is 10.5. The van der Waals surface area contributed by atoms with Crippen molar-refractivity contribution in [3.63, 3.8) is 0 Å². The van der Waals surface area contributed by atoms with E-state index < -0.39 is 6.09 Å². The molecule has 2 N–H and O–H groups in total. The van der Waals surface area contributed by atoms with Gasteiger partial charge in [-0.1, -0.05) is 42.5 Å². The number of nitrogens with two attached hydrogens (primary N) is 1. The molecule has 0 atom stereocenters. The van der Waals surface area contributed by atoms with Gasteiger partial charge in [-0.2, -0.15) is 0 Å². The van der Waals surface area contributed by atoms with Crippen LogP contribution in [0.15, 0.2) is 53.0 Å². The van der Waals surface area contributed by atoms with E-state index in [4.69, 9.17) is 10.5 Å². The Labute approximate surface area is 107 Å². The van der Waals surface area contributed by atoms with Gasteiger partial charge in [0.15, 0.2) is 5.75 Å². The van der Waals surface area contributed by atoms with Gasteiger partial charge in [0.05, 0.1) is 4.47 Å². The Hall–Kier alpha value is -1.81. The van der Waals surface area contributed by atoms with Crippen molar-refractivity contribution in [1.29, 1.82) is 0 Å². The zero-order valence-electron chi connectivity index (χ0n) is 8.89. The summed E-state index contributed by atoms with van der Waals surface area (Å²) < 4.78 is 5.71. The molecular weight excluding hydrogens is 282 g/mol. The van der Waals surface area contributed by atoms with Crippen molar-refractivity contribution in [3.05, 3.63) is 53.0 Å². The van der Waals surface area contributed by atoms with Crippen LogP contribution in [0.3, 0.4) is 0 Å². The Kier molecular flexibility index (Phi) is 3.44. The fraction of sp³-hybridized carbons (Fsp3) is 0. The van der Waals surface area contributed by atoms with Gasteiger partial charge in [0.2, 0.25) is 0 Å². The molecule has 4 heteroatoms. The van der Waals surface area contributed by atoms with Gasteiger partial charge in [-0.3, -0.25) is 0 Å². The fourth-order valence-corrected chi connectivity index (χ4v) is 2.01. The molecule has 0 saturated heterocycles. The van der Waals surface area contributed by atoms with E-state index >= 15 is 0 Å². The van der Waals surface area contributed by atoms with E-state index in [0.29, 0.717) is 10.2 Å². The number of rotatable bonds is 2. The van der Waals surface area contributed by atoms with Crippen molar-refractivity contribution in [3.8, 4) is 16.9 Å². The smallest absolute Gasteiger partial charge is 0.409 e. The molecule has 0 saturated carbocycles. The van der Waals surface area contributed by atoms with Gasteiger partial charge in [-0.05, 0) is 27.6 Å². The molecule has 0 spiro atoms. The predicted octanol–water partition coefficient (Wildman–Crippen LogP) is 3.57. The largest absolute Gasteiger partial charge is 0.410 e. The van der Waals surface area contributed by atoms with Crippen LogP contribution in [0.5, 0.6) is 5.75 Å². The maximum absolute atomic E-state index is 10.9. The molecule has 2 aromatic carbocycles. The highest BCUT2D eigenvalue weighted by atomic mass is 79.9. The van der Waals surface area contributed by atoms with E-state index in [1.54, 1.807) is 6.07 Å². The first kappa shape index (κ1) is 11.7. The number of benzene rings is 2. The lowest BCUT2D eigenvalue weighted by molar-refractivity contribution is 0.211. The van der Waals surface area contributed by atoms with Crippen molar-refractivity contribution in [2.45, 2.75) is 0 Å². The summed E-state index contributed by atoms with van der Waals surface area (Å²) in [7, 11) is 0. The summed E-state index contributed by atoms with van der Waals surface area (Å²) in [5, 5.41) is 0. The van der Waals surface area contributed by atoms with Gasteiger partial charge >= 0.3 is 6.09 Å². The number of amides is 1. The predicted molar refractivity (Wildman–Crippen MR) is 69.8 cm³/mol. The van der Waals surface area contributed by atoms with Gasteiger partial charge in [0, 0.05) is 5.56 Å². The molecule has 0 unspecified atom stereocenters. The van der Waals surface area contributed by atoms with E-state index in [9.17, 15) is 4.79 Å².